The Morgan fingerprint density at radius 2 is 2.47 bits per heavy atom. The van der Waals surface area contributed by atoms with E-state index in [0.29, 0.717) is 18.0 Å². The third kappa shape index (κ3) is 2.83. The number of carbonyl (C=O) groups is 1. The Labute approximate surface area is 98.5 Å². The summed E-state index contributed by atoms with van der Waals surface area (Å²) < 4.78 is 15.6. The Hall–Kier alpha value is -1.40. The summed E-state index contributed by atoms with van der Waals surface area (Å²) in [7, 11) is 1.49. The first-order valence-electron chi connectivity index (χ1n) is 5.53. The van der Waals surface area contributed by atoms with Gasteiger partial charge in [0.25, 0.3) is 0 Å². The number of nitrogens with zero attached hydrogens (tertiary/aromatic N) is 1. The van der Waals surface area contributed by atoms with Crippen LogP contribution in [0.3, 0.4) is 0 Å². The highest BCUT2D eigenvalue weighted by Crippen LogP contribution is 2.19. The second-order valence-corrected chi connectivity index (χ2v) is 3.96. The van der Waals surface area contributed by atoms with E-state index in [-0.39, 0.29) is 18.5 Å². The van der Waals surface area contributed by atoms with Crippen molar-refractivity contribution in [2.45, 2.75) is 32.0 Å². The molecular weight excluding hydrogens is 226 g/mol. The standard InChI is InChI=1S/C11H15NO5/c1-15-6-8-10(11(13)14)17-9(12-8)5-7-3-2-4-16-7/h7H,2-6H2,1H3,(H,13,14). The molecule has 0 spiro atoms. The molecule has 2 heterocycles. The van der Waals surface area contributed by atoms with Gasteiger partial charge in [0.05, 0.1) is 19.1 Å². The molecule has 94 valence electrons. The maximum atomic E-state index is 10.9. The minimum absolute atomic E-state index is 0.0886. The van der Waals surface area contributed by atoms with Crippen LogP contribution in [0, 0.1) is 0 Å². The highest BCUT2D eigenvalue weighted by atomic mass is 16.5. The number of hydrogen-bond acceptors (Lipinski definition) is 5. The molecule has 0 amide bonds. The highest BCUT2D eigenvalue weighted by Gasteiger charge is 2.23. The third-order valence-electron chi connectivity index (χ3n) is 2.64. The molecule has 1 aliphatic rings. The smallest absolute Gasteiger partial charge is 0.373 e. The molecule has 1 fully saturated rings. The van der Waals surface area contributed by atoms with E-state index >= 15 is 0 Å². The predicted molar refractivity (Wildman–Crippen MR) is 56.9 cm³/mol. The van der Waals surface area contributed by atoms with Crippen molar-refractivity contribution in [3.63, 3.8) is 0 Å². The van der Waals surface area contributed by atoms with E-state index in [1.807, 2.05) is 0 Å². The largest absolute Gasteiger partial charge is 0.475 e. The normalized spacial score (nSPS) is 19.7. The summed E-state index contributed by atoms with van der Waals surface area (Å²) in [6.45, 7) is 0.888. The fourth-order valence-electron chi connectivity index (χ4n) is 1.89. The van der Waals surface area contributed by atoms with E-state index in [0.717, 1.165) is 19.4 Å². The number of methoxy groups -OCH3 is 1. The lowest BCUT2D eigenvalue weighted by Crippen LogP contribution is -2.09. The topological polar surface area (TPSA) is 81.8 Å². The minimum Gasteiger partial charge on any atom is -0.475 e. The zero-order chi connectivity index (χ0) is 12.3. The number of aromatic carboxylic acids is 1. The fraction of sp³-hybridized carbons (Fsp3) is 0.636. The van der Waals surface area contributed by atoms with Crippen LogP contribution in [0.2, 0.25) is 0 Å². The van der Waals surface area contributed by atoms with Crippen LogP contribution in [-0.4, -0.2) is 35.9 Å². The Bertz CT molecular complexity index is 395. The van der Waals surface area contributed by atoms with Crippen LogP contribution in [0.25, 0.3) is 0 Å². The lowest BCUT2D eigenvalue weighted by Gasteiger charge is -2.04. The van der Waals surface area contributed by atoms with Crippen LogP contribution in [-0.2, 0) is 22.5 Å². The molecule has 1 unspecified atom stereocenters. The molecule has 1 aliphatic heterocycles. The SMILES string of the molecule is COCc1nc(CC2CCCO2)oc1C(=O)O. The first-order valence-corrected chi connectivity index (χ1v) is 5.53. The van der Waals surface area contributed by atoms with Gasteiger partial charge in [0.1, 0.15) is 5.69 Å². The maximum absolute atomic E-state index is 10.9. The number of rotatable bonds is 5. The first kappa shape index (κ1) is 12.1. The number of carboxylic acid groups (broad SMARTS) is 1. The van der Waals surface area contributed by atoms with E-state index in [1.165, 1.54) is 7.11 Å². The summed E-state index contributed by atoms with van der Waals surface area (Å²) in [6.07, 6.45) is 2.60. The van der Waals surface area contributed by atoms with E-state index in [9.17, 15) is 4.79 Å². The van der Waals surface area contributed by atoms with Crippen molar-refractivity contribution in [1.29, 1.82) is 0 Å². The molecule has 1 atom stereocenters. The number of oxazole rings is 1. The third-order valence-corrected chi connectivity index (χ3v) is 2.64. The molecule has 0 radical (unpaired) electrons. The van der Waals surface area contributed by atoms with Gasteiger partial charge >= 0.3 is 5.97 Å². The lowest BCUT2D eigenvalue weighted by atomic mass is 10.2. The summed E-state index contributed by atoms with van der Waals surface area (Å²) in [5.74, 6) is -0.857. The van der Waals surface area contributed by atoms with Crippen molar-refractivity contribution in [1.82, 2.24) is 4.98 Å². The van der Waals surface area contributed by atoms with Crippen molar-refractivity contribution in [3.8, 4) is 0 Å². The maximum Gasteiger partial charge on any atom is 0.373 e. The number of ether oxygens (including phenoxy) is 2. The summed E-state index contributed by atoms with van der Waals surface area (Å²) in [4.78, 5) is 15.1. The Morgan fingerprint density at radius 1 is 1.65 bits per heavy atom. The van der Waals surface area contributed by atoms with E-state index < -0.39 is 5.97 Å². The Morgan fingerprint density at radius 3 is 3.06 bits per heavy atom. The lowest BCUT2D eigenvalue weighted by molar-refractivity contribution is 0.0648. The van der Waals surface area contributed by atoms with Gasteiger partial charge in [0.2, 0.25) is 5.76 Å². The fourth-order valence-corrected chi connectivity index (χ4v) is 1.89. The molecule has 2 rings (SSSR count). The number of carboxylic acids is 1. The molecular formula is C11H15NO5. The van der Waals surface area contributed by atoms with Gasteiger partial charge in [-0.2, -0.15) is 0 Å². The highest BCUT2D eigenvalue weighted by molar-refractivity contribution is 5.85. The molecule has 1 aromatic rings. The second kappa shape index (κ2) is 5.29. The van der Waals surface area contributed by atoms with Crippen LogP contribution in [0.5, 0.6) is 0 Å². The van der Waals surface area contributed by atoms with E-state index in [4.69, 9.17) is 19.0 Å². The zero-order valence-corrected chi connectivity index (χ0v) is 9.64. The van der Waals surface area contributed by atoms with Crippen LogP contribution in [0.15, 0.2) is 4.42 Å². The zero-order valence-electron chi connectivity index (χ0n) is 9.64. The quantitative estimate of drug-likeness (QED) is 0.835. The van der Waals surface area contributed by atoms with E-state index in [1.54, 1.807) is 0 Å². The molecule has 0 saturated carbocycles. The van der Waals surface area contributed by atoms with Crippen LogP contribution >= 0.6 is 0 Å². The van der Waals surface area contributed by atoms with Crippen molar-refractivity contribution >= 4 is 5.97 Å². The van der Waals surface area contributed by atoms with Gasteiger partial charge in [0, 0.05) is 13.7 Å². The number of hydrogen-bond donors (Lipinski definition) is 1. The first-order chi connectivity index (χ1) is 8.20. The molecule has 1 N–H and O–H groups in total. The second-order valence-electron chi connectivity index (χ2n) is 3.96. The van der Waals surface area contributed by atoms with Gasteiger partial charge < -0.3 is 19.0 Å². The van der Waals surface area contributed by atoms with Crippen molar-refractivity contribution in [3.05, 3.63) is 17.3 Å². The van der Waals surface area contributed by atoms with Crippen molar-refractivity contribution in [2.75, 3.05) is 13.7 Å². The molecule has 1 saturated heterocycles. The van der Waals surface area contributed by atoms with Gasteiger partial charge in [-0.15, -0.1) is 0 Å². The Kier molecular flexibility index (Phi) is 3.75. The van der Waals surface area contributed by atoms with Crippen LogP contribution in [0.1, 0.15) is 35.0 Å². The Balaban J connectivity index is 2.11. The van der Waals surface area contributed by atoms with Gasteiger partial charge in [0.15, 0.2) is 5.89 Å². The van der Waals surface area contributed by atoms with Gasteiger partial charge in [-0.3, -0.25) is 0 Å². The van der Waals surface area contributed by atoms with Crippen LogP contribution in [0.4, 0.5) is 0 Å². The average molecular weight is 241 g/mol. The molecule has 17 heavy (non-hydrogen) atoms. The molecule has 1 aromatic heterocycles. The monoisotopic (exact) mass is 241 g/mol. The summed E-state index contributed by atoms with van der Waals surface area (Å²) in [5.41, 5.74) is 0.327. The molecule has 6 heteroatoms. The summed E-state index contributed by atoms with van der Waals surface area (Å²) in [6, 6.07) is 0. The van der Waals surface area contributed by atoms with Crippen molar-refractivity contribution < 1.29 is 23.8 Å². The predicted octanol–water partition coefficient (Wildman–Crippen LogP) is 1.24. The summed E-state index contributed by atoms with van der Waals surface area (Å²) >= 11 is 0. The molecule has 0 aliphatic carbocycles. The number of aromatic nitrogens is 1. The summed E-state index contributed by atoms with van der Waals surface area (Å²) in [5, 5.41) is 8.95. The van der Waals surface area contributed by atoms with Crippen molar-refractivity contribution in [2.24, 2.45) is 0 Å². The van der Waals surface area contributed by atoms with Crippen LogP contribution < -0.4 is 0 Å². The molecule has 6 nitrogen and oxygen atoms in total. The average Bonchev–Trinajstić information content (AvgIpc) is 2.89. The van der Waals surface area contributed by atoms with Gasteiger partial charge in [-0.05, 0) is 12.8 Å². The van der Waals surface area contributed by atoms with E-state index in [2.05, 4.69) is 4.98 Å². The molecule has 0 aromatic carbocycles. The molecule has 0 bridgehead atoms. The van der Waals surface area contributed by atoms with Gasteiger partial charge in [-0.1, -0.05) is 0 Å². The van der Waals surface area contributed by atoms with Gasteiger partial charge in [-0.25, -0.2) is 9.78 Å². The minimum atomic E-state index is -1.12.